The summed E-state index contributed by atoms with van der Waals surface area (Å²) < 4.78 is 5.77. The van der Waals surface area contributed by atoms with Crippen molar-refractivity contribution in [2.75, 3.05) is 6.61 Å². The van der Waals surface area contributed by atoms with Crippen LogP contribution in [0.5, 0.6) is 0 Å². The van der Waals surface area contributed by atoms with Gasteiger partial charge in [-0.3, -0.25) is 0 Å². The maximum atomic E-state index is 5.77. The van der Waals surface area contributed by atoms with Gasteiger partial charge in [0.15, 0.2) is 0 Å². The first-order chi connectivity index (χ1) is 10.8. The smallest absolute Gasteiger partial charge is 0.0721 e. The number of hydrogen-bond donors (Lipinski definition) is 0. The van der Waals surface area contributed by atoms with Gasteiger partial charge in [0.1, 0.15) is 0 Å². The Labute approximate surface area is 137 Å². The van der Waals surface area contributed by atoms with Gasteiger partial charge < -0.3 is 4.74 Å². The van der Waals surface area contributed by atoms with Gasteiger partial charge in [-0.1, -0.05) is 80.3 Å². The van der Waals surface area contributed by atoms with Crippen LogP contribution in [0.4, 0.5) is 0 Å². The molecule has 0 atom stereocenters. The molecule has 1 rings (SSSR count). The van der Waals surface area contributed by atoms with Crippen LogP contribution in [-0.2, 0) is 11.3 Å². The van der Waals surface area contributed by atoms with Gasteiger partial charge in [-0.2, -0.15) is 0 Å². The zero-order valence-corrected chi connectivity index (χ0v) is 14.6. The topological polar surface area (TPSA) is 9.23 Å². The van der Waals surface area contributed by atoms with Crippen molar-refractivity contribution in [2.24, 2.45) is 0 Å². The van der Waals surface area contributed by atoms with Gasteiger partial charge in [-0.05, 0) is 38.2 Å². The minimum atomic E-state index is 0.701. The molecule has 0 N–H and O–H groups in total. The molecule has 0 aliphatic carbocycles. The van der Waals surface area contributed by atoms with Crippen LogP contribution in [0.3, 0.4) is 0 Å². The Morgan fingerprint density at radius 3 is 2.36 bits per heavy atom. The molecular weight excluding hydrogens is 268 g/mol. The predicted molar refractivity (Wildman–Crippen MR) is 97.0 cm³/mol. The average molecular weight is 300 g/mol. The molecular formula is C21H32O. The van der Waals surface area contributed by atoms with Gasteiger partial charge in [0.25, 0.3) is 0 Å². The minimum absolute atomic E-state index is 0.701. The molecule has 1 aromatic carbocycles. The van der Waals surface area contributed by atoms with E-state index >= 15 is 0 Å². The molecule has 0 spiro atoms. The van der Waals surface area contributed by atoms with Crippen LogP contribution in [0.2, 0.25) is 0 Å². The Morgan fingerprint density at radius 2 is 1.68 bits per heavy atom. The molecule has 22 heavy (non-hydrogen) atoms. The number of rotatable bonds is 11. The predicted octanol–water partition coefficient (Wildman–Crippen LogP) is 6.46. The third kappa shape index (κ3) is 8.84. The van der Waals surface area contributed by atoms with E-state index in [0.29, 0.717) is 6.61 Å². The van der Waals surface area contributed by atoms with Crippen molar-refractivity contribution in [1.29, 1.82) is 0 Å². The van der Waals surface area contributed by atoms with Crippen molar-refractivity contribution in [3.63, 3.8) is 0 Å². The van der Waals surface area contributed by atoms with Crippen LogP contribution in [0.1, 0.15) is 64.9 Å². The van der Waals surface area contributed by atoms with Crippen molar-refractivity contribution in [3.05, 3.63) is 59.2 Å². The fraction of sp³-hybridized carbons (Fsp3) is 0.524. The summed E-state index contributed by atoms with van der Waals surface area (Å²) in [6.07, 6.45) is 11.9. The summed E-state index contributed by atoms with van der Waals surface area (Å²) in [5, 5.41) is 0. The number of ether oxygens (including phenoxy) is 1. The van der Waals surface area contributed by atoms with E-state index in [4.69, 9.17) is 4.74 Å². The van der Waals surface area contributed by atoms with E-state index in [2.05, 4.69) is 57.2 Å². The normalized spacial score (nSPS) is 12.7. The summed E-state index contributed by atoms with van der Waals surface area (Å²) in [5.41, 5.74) is 4.31. The molecule has 122 valence electrons. The molecule has 0 radical (unpaired) electrons. The molecule has 1 aromatic rings. The second-order valence-electron chi connectivity index (χ2n) is 5.95. The molecule has 1 nitrogen and oxygen atoms in total. The lowest BCUT2D eigenvalue weighted by molar-refractivity contribution is 0.148. The standard InChI is InChI=1S/C21H32O/c1-4-10-19(3)12-9-15-20(11-5-2)16-17-22-18-21-13-7-6-8-14-21/h6-8,12-14,16H,4-5,9-11,15,17-18H2,1-3H3/b19-12-,20-16-. The van der Waals surface area contributed by atoms with E-state index in [0.717, 1.165) is 13.0 Å². The second-order valence-corrected chi connectivity index (χ2v) is 5.95. The SMILES string of the molecule is CCC/C(C)=C\CC/C(=C\COCc1ccccc1)CCC. The van der Waals surface area contributed by atoms with Crippen molar-refractivity contribution in [3.8, 4) is 0 Å². The van der Waals surface area contributed by atoms with E-state index in [9.17, 15) is 0 Å². The molecule has 1 heteroatoms. The van der Waals surface area contributed by atoms with E-state index in [1.807, 2.05) is 6.07 Å². The molecule has 0 heterocycles. The summed E-state index contributed by atoms with van der Waals surface area (Å²) in [7, 11) is 0. The minimum Gasteiger partial charge on any atom is -0.373 e. The zero-order valence-electron chi connectivity index (χ0n) is 14.6. The summed E-state index contributed by atoms with van der Waals surface area (Å²) >= 11 is 0. The zero-order chi connectivity index (χ0) is 16.0. The monoisotopic (exact) mass is 300 g/mol. The molecule has 0 aromatic heterocycles. The van der Waals surface area contributed by atoms with Gasteiger partial charge in [0, 0.05) is 0 Å². The van der Waals surface area contributed by atoms with Crippen molar-refractivity contribution >= 4 is 0 Å². The highest BCUT2D eigenvalue weighted by Crippen LogP contribution is 2.15. The fourth-order valence-corrected chi connectivity index (χ4v) is 2.58. The van der Waals surface area contributed by atoms with E-state index in [1.165, 1.54) is 48.8 Å². The van der Waals surface area contributed by atoms with Gasteiger partial charge in [0.2, 0.25) is 0 Å². The highest BCUT2D eigenvalue weighted by atomic mass is 16.5. The molecule has 0 saturated carbocycles. The Bertz CT molecular complexity index is 442. The van der Waals surface area contributed by atoms with Crippen molar-refractivity contribution in [1.82, 2.24) is 0 Å². The van der Waals surface area contributed by atoms with Crippen LogP contribution >= 0.6 is 0 Å². The molecule has 0 aliphatic heterocycles. The first kappa shape index (κ1) is 18.7. The van der Waals surface area contributed by atoms with Crippen LogP contribution in [0, 0.1) is 0 Å². The number of benzene rings is 1. The average Bonchev–Trinajstić information content (AvgIpc) is 2.53. The number of allylic oxidation sites excluding steroid dienone is 3. The van der Waals surface area contributed by atoms with Gasteiger partial charge in [-0.15, -0.1) is 0 Å². The molecule has 0 amide bonds. The lowest BCUT2D eigenvalue weighted by Crippen LogP contribution is -1.94. The molecule has 0 bridgehead atoms. The fourth-order valence-electron chi connectivity index (χ4n) is 2.58. The van der Waals surface area contributed by atoms with Crippen LogP contribution in [-0.4, -0.2) is 6.61 Å². The largest absolute Gasteiger partial charge is 0.373 e. The maximum absolute atomic E-state index is 5.77. The third-order valence-corrected chi connectivity index (χ3v) is 3.78. The Hall–Kier alpha value is -1.34. The second kappa shape index (κ2) is 12.2. The Balaban J connectivity index is 2.33. The molecule has 0 fully saturated rings. The molecule has 0 unspecified atom stereocenters. The number of hydrogen-bond acceptors (Lipinski definition) is 1. The van der Waals surface area contributed by atoms with E-state index in [1.54, 1.807) is 0 Å². The van der Waals surface area contributed by atoms with Gasteiger partial charge in [0.05, 0.1) is 13.2 Å². The van der Waals surface area contributed by atoms with Crippen molar-refractivity contribution < 1.29 is 4.74 Å². The van der Waals surface area contributed by atoms with E-state index in [-0.39, 0.29) is 0 Å². The third-order valence-electron chi connectivity index (χ3n) is 3.78. The lowest BCUT2D eigenvalue weighted by atomic mass is 10.0. The highest BCUT2D eigenvalue weighted by Gasteiger charge is 1.97. The van der Waals surface area contributed by atoms with Crippen LogP contribution in [0.15, 0.2) is 53.6 Å². The highest BCUT2D eigenvalue weighted by molar-refractivity contribution is 5.13. The summed E-state index contributed by atoms with van der Waals surface area (Å²) in [4.78, 5) is 0. The Morgan fingerprint density at radius 1 is 0.955 bits per heavy atom. The first-order valence-electron chi connectivity index (χ1n) is 8.71. The Kier molecular flexibility index (Phi) is 10.4. The van der Waals surface area contributed by atoms with Crippen LogP contribution in [0.25, 0.3) is 0 Å². The summed E-state index contributed by atoms with van der Waals surface area (Å²) in [5.74, 6) is 0. The lowest BCUT2D eigenvalue weighted by Gasteiger charge is -2.07. The van der Waals surface area contributed by atoms with Crippen LogP contribution < -0.4 is 0 Å². The maximum Gasteiger partial charge on any atom is 0.0721 e. The molecule has 0 saturated heterocycles. The summed E-state index contributed by atoms with van der Waals surface area (Å²) in [6.45, 7) is 8.16. The molecule has 0 aliphatic rings. The first-order valence-corrected chi connectivity index (χ1v) is 8.71. The van der Waals surface area contributed by atoms with Gasteiger partial charge in [-0.25, -0.2) is 0 Å². The van der Waals surface area contributed by atoms with Crippen molar-refractivity contribution in [2.45, 2.75) is 65.9 Å². The quantitative estimate of drug-likeness (QED) is 0.337. The van der Waals surface area contributed by atoms with Gasteiger partial charge >= 0.3 is 0 Å². The summed E-state index contributed by atoms with van der Waals surface area (Å²) in [6, 6.07) is 10.4. The van der Waals surface area contributed by atoms with E-state index < -0.39 is 0 Å².